The molecule has 0 unspecified atom stereocenters. The number of hydrogen-bond acceptors (Lipinski definition) is 2. The Morgan fingerprint density at radius 2 is 1.86 bits per heavy atom. The lowest BCUT2D eigenvalue weighted by molar-refractivity contribution is 0.480. The zero-order valence-corrected chi connectivity index (χ0v) is 9.21. The van der Waals surface area contributed by atoms with Gasteiger partial charge in [-0.1, -0.05) is 0 Å². The van der Waals surface area contributed by atoms with Gasteiger partial charge in [0.15, 0.2) is 0 Å². The van der Waals surface area contributed by atoms with E-state index in [0.717, 1.165) is 6.07 Å². The summed E-state index contributed by atoms with van der Waals surface area (Å²) in [6.45, 7) is 3.30. The summed E-state index contributed by atoms with van der Waals surface area (Å²) in [5, 5.41) is 0. The van der Waals surface area contributed by atoms with Crippen LogP contribution in [0.15, 0.2) is 17.0 Å². The summed E-state index contributed by atoms with van der Waals surface area (Å²) < 4.78 is 26.8. The van der Waals surface area contributed by atoms with Crippen LogP contribution in [0.25, 0.3) is 0 Å². The van der Waals surface area contributed by atoms with Crippen molar-refractivity contribution in [1.29, 1.82) is 0 Å². The minimum Gasteiger partial charge on any atom is -0.322 e. The summed E-state index contributed by atoms with van der Waals surface area (Å²) >= 11 is 1.17. The van der Waals surface area contributed by atoms with Gasteiger partial charge in [-0.2, -0.15) is 0 Å². The van der Waals surface area contributed by atoms with Crippen molar-refractivity contribution in [1.82, 2.24) is 0 Å². The van der Waals surface area contributed by atoms with Crippen molar-refractivity contribution in [3.63, 3.8) is 0 Å². The molecule has 4 heteroatoms. The number of thioether (sulfide) groups is 1. The smallest absolute Gasteiger partial charge is 0.141 e. The van der Waals surface area contributed by atoms with Crippen molar-refractivity contribution >= 4 is 11.8 Å². The molecule has 1 aromatic carbocycles. The Morgan fingerprint density at radius 1 is 1.29 bits per heavy atom. The largest absolute Gasteiger partial charge is 0.322 e. The molecule has 0 aromatic heterocycles. The van der Waals surface area contributed by atoms with Crippen LogP contribution >= 0.6 is 11.8 Å². The van der Waals surface area contributed by atoms with E-state index in [9.17, 15) is 8.78 Å². The highest BCUT2D eigenvalue weighted by Crippen LogP contribution is 2.28. The normalized spacial score (nSPS) is 11.9. The molecule has 78 valence electrons. The molecule has 0 aliphatic carbocycles. The average Bonchev–Trinajstić information content (AvgIpc) is 2.06. The van der Waals surface area contributed by atoms with E-state index in [-0.39, 0.29) is 5.56 Å². The Bertz CT molecular complexity index is 345. The Morgan fingerprint density at radius 3 is 2.29 bits per heavy atom. The minimum absolute atomic E-state index is 0.210. The fourth-order valence-electron chi connectivity index (χ4n) is 1.18. The van der Waals surface area contributed by atoms with Crippen LogP contribution in [0.1, 0.15) is 19.4 Å². The first-order valence-corrected chi connectivity index (χ1v) is 5.41. The van der Waals surface area contributed by atoms with Crippen LogP contribution in [0.3, 0.4) is 0 Å². The van der Waals surface area contributed by atoms with Crippen LogP contribution in [-0.4, -0.2) is 6.26 Å². The maximum Gasteiger partial charge on any atom is 0.141 e. The van der Waals surface area contributed by atoms with Gasteiger partial charge in [0.25, 0.3) is 0 Å². The molecule has 0 fully saturated rings. The van der Waals surface area contributed by atoms with E-state index in [4.69, 9.17) is 5.73 Å². The molecule has 0 amide bonds. The number of nitrogens with two attached hydrogens (primary N) is 1. The number of hydrogen-bond donors (Lipinski definition) is 1. The highest BCUT2D eigenvalue weighted by molar-refractivity contribution is 7.98. The van der Waals surface area contributed by atoms with Crippen molar-refractivity contribution in [2.24, 2.45) is 5.73 Å². The molecule has 0 aliphatic heterocycles. The van der Waals surface area contributed by atoms with E-state index in [1.165, 1.54) is 17.8 Å². The molecule has 0 radical (unpaired) electrons. The summed E-state index contributed by atoms with van der Waals surface area (Å²) in [6, 6.07) is 2.32. The van der Waals surface area contributed by atoms with Gasteiger partial charge in [-0.05, 0) is 32.2 Å². The molecular weight excluding hydrogens is 204 g/mol. The van der Waals surface area contributed by atoms with E-state index in [2.05, 4.69) is 0 Å². The van der Waals surface area contributed by atoms with Gasteiger partial charge < -0.3 is 5.73 Å². The van der Waals surface area contributed by atoms with Gasteiger partial charge in [0, 0.05) is 16.0 Å². The van der Waals surface area contributed by atoms with Crippen LogP contribution in [-0.2, 0) is 5.54 Å². The molecule has 0 bridgehead atoms. The highest BCUT2D eigenvalue weighted by atomic mass is 32.2. The Kier molecular flexibility index (Phi) is 3.17. The Hall–Kier alpha value is -0.610. The van der Waals surface area contributed by atoms with Gasteiger partial charge in [0.1, 0.15) is 11.6 Å². The van der Waals surface area contributed by atoms with E-state index >= 15 is 0 Å². The predicted molar refractivity (Wildman–Crippen MR) is 55.4 cm³/mol. The quantitative estimate of drug-likeness (QED) is 0.771. The first-order chi connectivity index (χ1) is 6.36. The first kappa shape index (κ1) is 11.5. The molecule has 0 saturated carbocycles. The van der Waals surface area contributed by atoms with Crippen LogP contribution in [0.5, 0.6) is 0 Å². The van der Waals surface area contributed by atoms with Crippen molar-refractivity contribution in [2.45, 2.75) is 24.3 Å². The van der Waals surface area contributed by atoms with Crippen molar-refractivity contribution in [3.8, 4) is 0 Å². The minimum atomic E-state index is -0.864. The van der Waals surface area contributed by atoms with Gasteiger partial charge in [-0.25, -0.2) is 8.78 Å². The van der Waals surface area contributed by atoms with E-state index in [0.29, 0.717) is 4.90 Å². The molecule has 0 spiro atoms. The topological polar surface area (TPSA) is 26.0 Å². The monoisotopic (exact) mass is 217 g/mol. The Labute approximate surface area is 86.7 Å². The zero-order valence-electron chi connectivity index (χ0n) is 8.40. The van der Waals surface area contributed by atoms with Crippen LogP contribution < -0.4 is 5.73 Å². The first-order valence-electron chi connectivity index (χ1n) is 4.18. The zero-order chi connectivity index (χ0) is 10.9. The molecule has 14 heavy (non-hydrogen) atoms. The molecular formula is C10H13F2NS. The maximum absolute atomic E-state index is 13.7. The SMILES string of the molecule is CSc1cc(F)cc(C(C)(C)N)c1F. The summed E-state index contributed by atoms with van der Waals surface area (Å²) in [4.78, 5) is 0.290. The molecule has 0 atom stereocenters. The third kappa shape index (κ3) is 2.25. The third-order valence-electron chi connectivity index (χ3n) is 1.92. The second-order valence-electron chi connectivity index (χ2n) is 3.69. The average molecular weight is 217 g/mol. The van der Waals surface area contributed by atoms with Gasteiger partial charge >= 0.3 is 0 Å². The Balaban J connectivity index is 3.37. The van der Waals surface area contributed by atoms with Crippen LogP contribution in [0.4, 0.5) is 8.78 Å². The number of halogens is 2. The van der Waals surface area contributed by atoms with Gasteiger partial charge in [-0.15, -0.1) is 11.8 Å². The van der Waals surface area contributed by atoms with Crippen molar-refractivity contribution < 1.29 is 8.78 Å². The number of benzene rings is 1. The van der Waals surface area contributed by atoms with E-state index in [1.807, 2.05) is 0 Å². The lowest BCUT2D eigenvalue weighted by Crippen LogP contribution is -2.30. The summed E-state index contributed by atoms with van der Waals surface area (Å²) in [6.07, 6.45) is 1.70. The molecule has 1 nitrogen and oxygen atoms in total. The molecule has 2 N–H and O–H groups in total. The van der Waals surface area contributed by atoms with Gasteiger partial charge in [0.05, 0.1) is 0 Å². The fourth-order valence-corrected chi connectivity index (χ4v) is 1.70. The van der Waals surface area contributed by atoms with E-state index < -0.39 is 17.2 Å². The molecule has 1 rings (SSSR count). The van der Waals surface area contributed by atoms with Crippen molar-refractivity contribution in [2.75, 3.05) is 6.26 Å². The molecule has 1 aromatic rings. The number of rotatable bonds is 2. The lowest BCUT2D eigenvalue weighted by atomic mass is 9.95. The molecule has 0 heterocycles. The third-order valence-corrected chi connectivity index (χ3v) is 2.65. The summed E-state index contributed by atoms with van der Waals surface area (Å²) in [5.41, 5.74) is 5.08. The summed E-state index contributed by atoms with van der Waals surface area (Å²) in [7, 11) is 0. The molecule has 0 aliphatic rings. The van der Waals surface area contributed by atoms with Gasteiger partial charge in [-0.3, -0.25) is 0 Å². The maximum atomic E-state index is 13.7. The molecule has 0 saturated heterocycles. The second kappa shape index (κ2) is 3.87. The fraction of sp³-hybridized carbons (Fsp3) is 0.400. The lowest BCUT2D eigenvalue weighted by Gasteiger charge is -2.21. The standard InChI is InChI=1S/C10H13F2NS/c1-10(2,13)7-4-6(11)5-8(14-3)9(7)12/h4-5H,13H2,1-3H3. The summed E-state index contributed by atoms with van der Waals surface area (Å²) in [5.74, 6) is -0.879. The van der Waals surface area contributed by atoms with Crippen LogP contribution in [0, 0.1) is 11.6 Å². The highest BCUT2D eigenvalue weighted by Gasteiger charge is 2.22. The predicted octanol–water partition coefficient (Wildman–Crippen LogP) is 2.88. The second-order valence-corrected chi connectivity index (χ2v) is 4.54. The van der Waals surface area contributed by atoms with Gasteiger partial charge in [0.2, 0.25) is 0 Å². The van der Waals surface area contributed by atoms with Crippen molar-refractivity contribution in [3.05, 3.63) is 29.3 Å². The van der Waals surface area contributed by atoms with Crippen LogP contribution in [0.2, 0.25) is 0 Å². The van der Waals surface area contributed by atoms with E-state index in [1.54, 1.807) is 20.1 Å².